The number of likely N-dealkylation sites (tertiary alicyclic amines) is 2. The summed E-state index contributed by atoms with van der Waals surface area (Å²) in [7, 11) is 0. The van der Waals surface area contributed by atoms with Crippen LogP contribution in [-0.2, 0) is 0 Å². The first-order chi connectivity index (χ1) is 19.0. The molecule has 14 heteroatoms. The summed E-state index contributed by atoms with van der Waals surface area (Å²) < 4.78 is 70.1. The zero-order chi connectivity index (χ0) is 28.6. The van der Waals surface area contributed by atoms with Crippen molar-refractivity contribution in [2.24, 2.45) is 0 Å². The van der Waals surface area contributed by atoms with Gasteiger partial charge < -0.3 is 15.1 Å². The van der Waals surface area contributed by atoms with Crippen LogP contribution in [0.15, 0.2) is 41.3 Å². The molecule has 0 aliphatic carbocycles. The lowest BCUT2D eigenvalue weighted by Gasteiger charge is -2.34. The Hall–Kier alpha value is -3.97. The number of carbonyl (C=O) groups excluding carboxylic acids is 1. The third-order valence-corrected chi connectivity index (χ3v) is 7.61. The van der Waals surface area contributed by atoms with Crippen LogP contribution in [0.5, 0.6) is 0 Å². The predicted octanol–water partition coefficient (Wildman–Crippen LogP) is 4.14. The number of rotatable bonds is 4. The highest BCUT2D eigenvalue weighted by Crippen LogP contribution is 2.32. The Morgan fingerprint density at radius 1 is 1.10 bits per heavy atom. The highest BCUT2D eigenvalue weighted by atomic mass is 19.4. The van der Waals surface area contributed by atoms with Crippen LogP contribution in [0.25, 0.3) is 11.2 Å². The molecule has 0 unspecified atom stereocenters. The van der Waals surface area contributed by atoms with Crippen molar-refractivity contribution in [3.63, 3.8) is 0 Å². The summed E-state index contributed by atoms with van der Waals surface area (Å²) in [4.78, 5) is 34.8. The molecule has 0 spiro atoms. The summed E-state index contributed by atoms with van der Waals surface area (Å²) in [6, 6.07) is 5.31. The maximum atomic E-state index is 14.5. The fourth-order valence-corrected chi connectivity index (χ4v) is 5.67. The molecule has 2 aliphatic rings. The van der Waals surface area contributed by atoms with Crippen molar-refractivity contribution in [2.75, 3.05) is 26.2 Å². The van der Waals surface area contributed by atoms with E-state index in [1.54, 1.807) is 22.9 Å². The van der Waals surface area contributed by atoms with Gasteiger partial charge in [0.1, 0.15) is 12.4 Å². The molecule has 214 valence electrons. The van der Waals surface area contributed by atoms with E-state index in [9.17, 15) is 31.5 Å². The second-order valence-electron chi connectivity index (χ2n) is 10.2. The molecule has 0 radical (unpaired) electrons. The number of hydrogen-bond acceptors (Lipinski definition) is 4. The molecule has 3 aromatic rings. The minimum Gasteiger partial charge on any atom is -0.349 e. The number of nitrogens with zero attached hydrogens (tertiary/aromatic N) is 4. The van der Waals surface area contributed by atoms with Gasteiger partial charge in [0.15, 0.2) is 17.3 Å². The molecular weight excluding hydrogens is 537 g/mol. The van der Waals surface area contributed by atoms with Crippen molar-refractivity contribution < 1.29 is 26.7 Å². The molecule has 2 saturated heterocycles. The van der Waals surface area contributed by atoms with Crippen LogP contribution >= 0.6 is 0 Å². The lowest BCUT2D eigenvalue weighted by molar-refractivity contribution is -0.138. The van der Waals surface area contributed by atoms with Crippen molar-refractivity contribution >= 4 is 23.0 Å². The number of piperidine rings is 1. The van der Waals surface area contributed by atoms with Gasteiger partial charge in [0, 0.05) is 37.8 Å². The Labute approximate surface area is 225 Å². The number of urea groups is 1. The fourth-order valence-electron chi connectivity index (χ4n) is 5.67. The summed E-state index contributed by atoms with van der Waals surface area (Å²) in [6.45, 7) is -1.21. The number of alkyl halides is 3. The highest BCUT2D eigenvalue weighted by molar-refractivity contribution is 5.89. The zero-order valence-corrected chi connectivity index (χ0v) is 21.3. The van der Waals surface area contributed by atoms with Gasteiger partial charge in [-0.15, -0.1) is 0 Å². The first kappa shape index (κ1) is 27.6. The standard InChI is InChI=1S/C26H28F5N7O2/c27-18-4-1-3-17(21(18)28)15-6-7-19(22(32)37(13-15)14-26(29,30)31)34-24(39)36-11-8-16(9-12-36)38-20-5-2-10-33-23(20)35-25(38)40/h1-5,10,15-16,19,32H,6-9,11-14H2,(H,34,39)(H,33,35,40)/t15-,19-/m1/s1. The maximum absolute atomic E-state index is 14.5. The van der Waals surface area contributed by atoms with Crippen LogP contribution < -0.4 is 11.0 Å². The van der Waals surface area contributed by atoms with E-state index in [2.05, 4.69) is 15.3 Å². The van der Waals surface area contributed by atoms with E-state index in [-0.39, 0.29) is 36.7 Å². The number of amides is 2. The van der Waals surface area contributed by atoms with Gasteiger partial charge in [0.05, 0.1) is 11.6 Å². The minimum absolute atomic E-state index is 0.0586. The molecule has 5 rings (SSSR count). The van der Waals surface area contributed by atoms with Gasteiger partial charge in [-0.2, -0.15) is 13.2 Å². The minimum atomic E-state index is -4.64. The number of pyridine rings is 1. The van der Waals surface area contributed by atoms with Gasteiger partial charge in [-0.1, -0.05) is 12.1 Å². The predicted molar refractivity (Wildman–Crippen MR) is 136 cm³/mol. The first-order valence-electron chi connectivity index (χ1n) is 13.0. The largest absolute Gasteiger partial charge is 0.405 e. The van der Waals surface area contributed by atoms with Crippen LogP contribution in [0.4, 0.5) is 26.7 Å². The number of carbonyl (C=O) groups is 1. The van der Waals surface area contributed by atoms with E-state index in [0.717, 1.165) is 11.0 Å². The molecule has 9 nitrogen and oxygen atoms in total. The van der Waals surface area contributed by atoms with Crippen LogP contribution in [-0.4, -0.2) is 74.6 Å². The molecule has 0 saturated carbocycles. The Morgan fingerprint density at radius 3 is 2.58 bits per heavy atom. The summed E-state index contributed by atoms with van der Waals surface area (Å²) in [5.74, 6) is -3.46. The number of H-pyrrole nitrogens is 1. The number of fused-ring (bicyclic) bond motifs is 1. The summed E-state index contributed by atoms with van der Waals surface area (Å²) >= 11 is 0. The number of amidine groups is 1. The monoisotopic (exact) mass is 565 g/mol. The van der Waals surface area contributed by atoms with Gasteiger partial charge in [-0.3, -0.25) is 15.0 Å². The van der Waals surface area contributed by atoms with Crippen molar-refractivity contribution in [1.29, 1.82) is 5.41 Å². The Balaban J connectivity index is 1.28. The maximum Gasteiger partial charge on any atom is 0.405 e. The van der Waals surface area contributed by atoms with Crippen molar-refractivity contribution in [2.45, 2.75) is 49.9 Å². The summed E-state index contributed by atoms with van der Waals surface area (Å²) in [5, 5.41) is 11.2. The second kappa shape index (κ2) is 10.9. The number of nitrogens with one attached hydrogen (secondary N) is 3. The molecule has 40 heavy (non-hydrogen) atoms. The van der Waals surface area contributed by atoms with Crippen LogP contribution in [0.3, 0.4) is 0 Å². The van der Waals surface area contributed by atoms with E-state index in [1.807, 2.05) is 0 Å². The fraction of sp³-hybridized carbons (Fsp3) is 0.462. The normalized spacial score (nSPS) is 21.1. The first-order valence-corrected chi connectivity index (χ1v) is 13.0. The summed E-state index contributed by atoms with van der Waals surface area (Å²) in [6.07, 6.45) is -1.91. The third-order valence-electron chi connectivity index (χ3n) is 7.61. The average molecular weight is 566 g/mol. The highest BCUT2D eigenvalue weighted by Gasteiger charge is 2.39. The van der Waals surface area contributed by atoms with Gasteiger partial charge in [0.2, 0.25) is 0 Å². The van der Waals surface area contributed by atoms with Gasteiger partial charge in [-0.05, 0) is 49.4 Å². The number of hydrogen-bond donors (Lipinski definition) is 3. The van der Waals surface area contributed by atoms with E-state index in [4.69, 9.17) is 5.41 Å². The number of halogens is 5. The van der Waals surface area contributed by atoms with E-state index in [0.29, 0.717) is 37.1 Å². The third kappa shape index (κ3) is 5.65. The van der Waals surface area contributed by atoms with Crippen molar-refractivity contribution in [3.05, 3.63) is 64.2 Å². The van der Waals surface area contributed by atoms with Gasteiger partial charge >= 0.3 is 17.9 Å². The van der Waals surface area contributed by atoms with Crippen LogP contribution in [0.2, 0.25) is 0 Å². The van der Waals surface area contributed by atoms with E-state index < -0.39 is 48.2 Å². The summed E-state index contributed by atoms with van der Waals surface area (Å²) in [5.41, 5.74) is 0.782. The molecule has 2 atom stereocenters. The topological polar surface area (TPSA) is 110 Å². The molecule has 2 amide bonds. The molecule has 3 N–H and O–H groups in total. The van der Waals surface area contributed by atoms with Crippen molar-refractivity contribution in [3.8, 4) is 0 Å². The zero-order valence-electron chi connectivity index (χ0n) is 21.3. The SMILES string of the molecule is N=C1[C@H](NC(=O)N2CCC(n3c(=O)[nH]c4ncccc43)CC2)CC[C@@H](c2cccc(F)c2F)CN1CC(F)(F)F. The molecule has 2 aromatic heterocycles. The molecular formula is C26H28F5N7O2. The number of benzene rings is 1. The number of aromatic amines is 1. The van der Waals surface area contributed by atoms with Crippen molar-refractivity contribution in [1.82, 2.24) is 29.7 Å². The van der Waals surface area contributed by atoms with E-state index in [1.165, 1.54) is 17.0 Å². The Kier molecular flexibility index (Phi) is 7.51. The van der Waals surface area contributed by atoms with Gasteiger partial charge in [0.25, 0.3) is 0 Å². The molecule has 2 fully saturated rings. The molecule has 4 heterocycles. The average Bonchev–Trinajstić information content (AvgIpc) is 3.18. The smallest absolute Gasteiger partial charge is 0.349 e. The Morgan fingerprint density at radius 2 is 1.85 bits per heavy atom. The second-order valence-corrected chi connectivity index (χ2v) is 10.2. The van der Waals surface area contributed by atoms with Crippen LogP contribution in [0, 0.1) is 17.0 Å². The lowest BCUT2D eigenvalue weighted by atomic mass is 9.93. The quantitative estimate of drug-likeness (QED) is 0.413. The number of aromatic nitrogens is 3. The van der Waals surface area contributed by atoms with Crippen LogP contribution in [0.1, 0.15) is 43.2 Å². The lowest BCUT2D eigenvalue weighted by Crippen LogP contribution is -2.54. The van der Waals surface area contributed by atoms with E-state index >= 15 is 0 Å². The number of imidazole rings is 1. The molecule has 2 aliphatic heterocycles. The Bertz CT molecular complexity index is 1460. The van der Waals surface area contributed by atoms with Gasteiger partial charge in [-0.25, -0.2) is 23.4 Å². The molecule has 1 aromatic carbocycles. The molecule has 0 bridgehead atoms.